The lowest BCUT2D eigenvalue weighted by molar-refractivity contribution is -0.131. The number of urea groups is 1. The van der Waals surface area contributed by atoms with E-state index in [0.717, 1.165) is 10.9 Å². The van der Waals surface area contributed by atoms with Gasteiger partial charge in [0.1, 0.15) is 0 Å². The molecule has 0 bridgehead atoms. The van der Waals surface area contributed by atoms with E-state index in [1.54, 1.807) is 40.5 Å². The lowest BCUT2D eigenvalue weighted by Gasteiger charge is -2.34. The van der Waals surface area contributed by atoms with Crippen molar-refractivity contribution in [1.82, 2.24) is 9.80 Å². The Morgan fingerprint density at radius 2 is 1.65 bits per heavy atom. The Kier molecular flexibility index (Phi) is 6.18. The van der Waals surface area contributed by atoms with Crippen LogP contribution in [0.1, 0.15) is 15.9 Å². The number of thiophene rings is 1. The summed E-state index contributed by atoms with van der Waals surface area (Å²) in [5, 5.41) is 6.02. The van der Waals surface area contributed by atoms with Crippen LogP contribution in [0.2, 0.25) is 0 Å². The second kappa shape index (κ2) is 9.18. The molecule has 160 valence electrons. The molecule has 3 aromatic rings. The number of piperazine rings is 1. The van der Waals surface area contributed by atoms with E-state index in [4.69, 9.17) is 0 Å². The molecular weight excluding hydrogens is 414 g/mol. The summed E-state index contributed by atoms with van der Waals surface area (Å²) in [7, 11) is 1.32. The third kappa shape index (κ3) is 4.69. The van der Waals surface area contributed by atoms with Gasteiger partial charge in [-0.2, -0.15) is 0 Å². The van der Waals surface area contributed by atoms with E-state index in [1.165, 1.54) is 11.8 Å². The Hall–Kier alpha value is -3.39. The van der Waals surface area contributed by atoms with E-state index in [9.17, 15) is 14.4 Å². The number of esters is 1. The molecule has 8 heteroatoms. The van der Waals surface area contributed by atoms with E-state index < -0.39 is 5.97 Å². The van der Waals surface area contributed by atoms with E-state index in [1.807, 2.05) is 17.0 Å². The molecule has 0 atom stereocenters. The first-order valence-electron chi connectivity index (χ1n) is 10.0. The number of nitrogens with one attached hydrogen (secondary N) is 1. The predicted molar refractivity (Wildman–Crippen MR) is 120 cm³/mol. The average molecular weight is 438 g/mol. The maximum atomic E-state index is 12.8. The maximum Gasteiger partial charge on any atom is 0.337 e. The summed E-state index contributed by atoms with van der Waals surface area (Å²) in [6.45, 7) is 1.97. The molecular formula is C23H23N3O4S. The number of carbonyl (C=O) groups excluding carboxylic acids is 3. The number of fused-ring (bicyclic) bond motifs is 1. The summed E-state index contributed by atoms with van der Waals surface area (Å²) in [5.41, 5.74) is 2.08. The number of amides is 3. The van der Waals surface area contributed by atoms with Gasteiger partial charge in [-0.3, -0.25) is 4.79 Å². The van der Waals surface area contributed by atoms with Crippen LogP contribution in [0.5, 0.6) is 0 Å². The molecule has 0 radical (unpaired) electrons. The van der Waals surface area contributed by atoms with Gasteiger partial charge in [0, 0.05) is 36.6 Å². The van der Waals surface area contributed by atoms with Crippen LogP contribution in [0.25, 0.3) is 10.1 Å². The van der Waals surface area contributed by atoms with Crippen molar-refractivity contribution in [2.45, 2.75) is 6.42 Å². The molecule has 0 spiro atoms. The molecule has 1 N–H and O–H groups in total. The summed E-state index contributed by atoms with van der Waals surface area (Å²) in [6, 6.07) is 14.4. The van der Waals surface area contributed by atoms with Gasteiger partial charge in [0.2, 0.25) is 5.91 Å². The van der Waals surface area contributed by atoms with Crippen molar-refractivity contribution < 1.29 is 19.1 Å². The Labute approximate surface area is 184 Å². The summed E-state index contributed by atoms with van der Waals surface area (Å²) in [5.74, 6) is -0.337. The highest BCUT2D eigenvalue weighted by Gasteiger charge is 2.24. The molecule has 1 fully saturated rings. The summed E-state index contributed by atoms with van der Waals surface area (Å²) in [4.78, 5) is 40.3. The Morgan fingerprint density at radius 1 is 0.968 bits per heavy atom. The van der Waals surface area contributed by atoms with Crippen LogP contribution in [-0.2, 0) is 16.0 Å². The largest absolute Gasteiger partial charge is 0.465 e. The molecule has 2 aromatic carbocycles. The van der Waals surface area contributed by atoms with Crippen molar-refractivity contribution in [3.8, 4) is 0 Å². The van der Waals surface area contributed by atoms with Crippen LogP contribution in [0.3, 0.4) is 0 Å². The summed E-state index contributed by atoms with van der Waals surface area (Å²) in [6.07, 6.45) is 0.378. The number of anilines is 1. The highest BCUT2D eigenvalue weighted by Crippen LogP contribution is 2.26. The van der Waals surface area contributed by atoms with Gasteiger partial charge in [-0.1, -0.05) is 18.2 Å². The molecule has 3 amide bonds. The molecule has 0 aliphatic carbocycles. The fourth-order valence-corrected chi connectivity index (χ4v) is 4.58. The number of carbonyl (C=O) groups is 3. The van der Waals surface area contributed by atoms with Crippen molar-refractivity contribution in [2.75, 3.05) is 38.6 Å². The minimum Gasteiger partial charge on any atom is -0.465 e. The topological polar surface area (TPSA) is 79.0 Å². The van der Waals surface area contributed by atoms with E-state index >= 15 is 0 Å². The zero-order valence-electron chi connectivity index (χ0n) is 17.2. The predicted octanol–water partition coefficient (Wildman–Crippen LogP) is 3.61. The molecule has 0 saturated carbocycles. The summed E-state index contributed by atoms with van der Waals surface area (Å²) < 4.78 is 5.86. The molecule has 31 heavy (non-hydrogen) atoms. The quantitative estimate of drug-likeness (QED) is 0.633. The second-order valence-corrected chi connectivity index (χ2v) is 8.21. The Bertz CT molecular complexity index is 1100. The lowest BCUT2D eigenvalue weighted by atomic mass is 10.1. The monoisotopic (exact) mass is 437 g/mol. The lowest BCUT2D eigenvalue weighted by Crippen LogP contribution is -2.52. The first kappa shape index (κ1) is 20.9. The molecule has 2 heterocycles. The van der Waals surface area contributed by atoms with Gasteiger partial charge in [-0.15, -0.1) is 11.3 Å². The maximum absolute atomic E-state index is 12.8. The second-order valence-electron chi connectivity index (χ2n) is 7.30. The smallest absolute Gasteiger partial charge is 0.337 e. The summed E-state index contributed by atoms with van der Waals surface area (Å²) >= 11 is 1.65. The minimum absolute atomic E-state index is 0.0852. The van der Waals surface area contributed by atoms with Crippen LogP contribution in [-0.4, -0.2) is 61.0 Å². The van der Waals surface area contributed by atoms with E-state index in [2.05, 4.69) is 27.6 Å². The zero-order valence-corrected chi connectivity index (χ0v) is 18.0. The number of hydrogen-bond donors (Lipinski definition) is 1. The van der Waals surface area contributed by atoms with Gasteiger partial charge in [0.05, 0.1) is 19.1 Å². The van der Waals surface area contributed by atoms with Crippen LogP contribution in [0.4, 0.5) is 10.5 Å². The van der Waals surface area contributed by atoms with Crippen LogP contribution < -0.4 is 5.32 Å². The van der Waals surface area contributed by atoms with E-state index in [0.29, 0.717) is 43.9 Å². The normalized spacial score (nSPS) is 13.8. The number of nitrogens with zero attached hydrogens (tertiary/aromatic N) is 2. The van der Waals surface area contributed by atoms with Crippen LogP contribution in [0, 0.1) is 0 Å². The van der Waals surface area contributed by atoms with Crippen molar-refractivity contribution in [2.24, 2.45) is 0 Å². The fourth-order valence-electron chi connectivity index (χ4n) is 3.61. The highest BCUT2D eigenvalue weighted by molar-refractivity contribution is 7.17. The van der Waals surface area contributed by atoms with Crippen LogP contribution >= 0.6 is 11.3 Å². The third-order valence-electron chi connectivity index (χ3n) is 5.38. The number of benzene rings is 2. The standard InChI is InChI=1S/C23H23N3O4S/c1-30-22(28)16-6-8-18(9-7-16)24-23(29)26-12-10-25(11-13-26)21(27)14-17-15-31-20-5-3-2-4-19(17)20/h2-9,15H,10-14H2,1H3,(H,24,29). The zero-order chi connectivity index (χ0) is 21.8. The first-order chi connectivity index (χ1) is 15.0. The molecule has 0 unspecified atom stereocenters. The molecule has 1 aromatic heterocycles. The average Bonchev–Trinajstić information content (AvgIpc) is 3.22. The van der Waals surface area contributed by atoms with Gasteiger partial charge < -0.3 is 19.9 Å². The van der Waals surface area contributed by atoms with Crippen molar-refractivity contribution in [3.05, 3.63) is 65.0 Å². The number of rotatable bonds is 4. The molecule has 1 aliphatic rings. The van der Waals surface area contributed by atoms with Gasteiger partial charge in [0.25, 0.3) is 0 Å². The third-order valence-corrected chi connectivity index (χ3v) is 6.39. The van der Waals surface area contributed by atoms with Gasteiger partial charge in [-0.25, -0.2) is 9.59 Å². The number of ether oxygens (including phenoxy) is 1. The van der Waals surface area contributed by atoms with Crippen molar-refractivity contribution >= 4 is 45.0 Å². The SMILES string of the molecule is COC(=O)c1ccc(NC(=O)N2CCN(C(=O)Cc3csc4ccccc34)CC2)cc1. The van der Waals surface area contributed by atoms with Gasteiger partial charge in [0.15, 0.2) is 0 Å². The highest BCUT2D eigenvalue weighted by atomic mass is 32.1. The molecule has 7 nitrogen and oxygen atoms in total. The minimum atomic E-state index is -0.422. The van der Waals surface area contributed by atoms with E-state index in [-0.39, 0.29) is 11.9 Å². The Morgan fingerprint density at radius 3 is 2.35 bits per heavy atom. The molecule has 1 aliphatic heterocycles. The van der Waals surface area contributed by atoms with Crippen molar-refractivity contribution in [1.29, 1.82) is 0 Å². The Balaban J connectivity index is 1.29. The fraction of sp³-hybridized carbons (Fsp3) is 0.261. The number of methoxy groups -OCH3 is 1. The van der Waals surface area contributed by atoms with Crippen LogP contribution in [0.15, 0.2) is 53.9 Å². The first-order valence-corrected chi connectivity index (χ1v) is 10.9. The number of hydrogen-bond acceptors (Lipinski definition) is 5. The van der Waals surface area contributed by atoms with Gasteiger partial charge in [-0.05, 0) is 46.7 Å². The van der Waals surface area contributed by atoms with Crippen molar-refractivity contribution in [3.63, 3.8) is 0 Å². The molecule has 1 saturated heterocycles. The van der Waals surface area contributed by atoms with Gasteiger partial charge >= 0.3 is 12.0 Å². The molecule has 4 rings (SSSR count).